The number of methoxy groups -OCH3 is 1. The molecular formula is C19H24N4O3S. The first-order chi connectivity index (χ1) is 12.9. The van der Waals surface area contributed by atoms with Crippen LogP contribution in [-0.4, -0.2) is 44.6 Å². The lowest BCUT2D eigenvalue weighted by Crippen LogP contribution is -2.14. The van der Waals surface area contributed by atoms with Gasteiger partial charge in [0.25, 0.3) is 0 Å². The van der Waals surface area contributed by atoms with Crippen molar-refractivity contribution < 1.29 is 13.9 Å². The second-order valence-electron chi connectivity index (χ2n) is 6.51. The second kappa shape index (κ2) is 8.14. The fourth-order valence-corrected chi connectivity index (χ4v) is 4.12. The summed E-state index contributed by atoms with van der Waals surface area (Å²) in [6, 6.07) is 5.77. The Morgan fingerprint density at radius 1 is 1.37 bits per heavy atom. The first-order valence-corrected chi connectivity index (χ1v) is 9.69. The summed E-state index contributed by atoms with van der Waals surface area (Å²) in [6.07, 6.45) is 1.60. The number of carbonyl (C=O) groups excluding carboxylic acids is 1. The molecule has 3 rings (SSSR count). The maximum absolute atomic E-state index is 12.8. The van der Waals surface area contributed by atoms with Crippen LogP contribution >= 0.6 is 11.8 Å². The number of Topliss-reactive ketones (excluding diaryl/α,β-unsaturated/α-hetero) is 1. The summed E-state index contributed by atoms with van der Waals surface area (Å²) in [5, 5.41) is 9.01. The lowest BCUT2D eigenvalue weighted by atomic mass is 10.2. The number of ether oxygens (including phenoxy) is 1. The normalized spacial score (nSPS) is 12.5. The summed E-state index contributed by atoms with van der Waals surface area (Å²) >= 11 is 1.37. The van der Waals surface area contributed by atoms with E-state index in [9.17, 15) is 4.79 Å². The number of aromatic nitrogens is 4. The Hall–Kier alpha value is -2.32. The minimum absolute atomic E-state index is 0.0755. The van der Waals surface area contributed by atoms with Gasteiger partial charge >= 0.3 is 0 Å². The Morgan fingerprint density at radius 2 is 2.15 bits per heavy atom. The molecule has 1 atom stereocenters. The van der Waals surface area contributed by atoms with Gasteiger partial charge in [-0.3, -0.25) is 4.79 Å². The highest BCUT2D eigenvalue weighted by Gasteiger charge is 2.20. The molecule has 0 aliphatic carbocycles. The van der Waals surface area contributed by atoms with Crippen LogP contribution in [0, 0.1) is 13.8 Å². The quantitative estimate of drug-likeness (QED) is 0.433. The monoisotopic (exact) mass is 388 g/mol. The third-order valence-corrected chi connectivity index (χ3v) is 5.56. The van der Waals surface area contributed by atoms with Gasteiger partial charge in [-0.05, 0) is 39.0 Å². The molecule has 0 saturated heterocycles. The molecule has 0 amide bonds. The van der Waals surface area contributed by atoms with Crippen molar-refractivity contribution >= 4 is 17.5 Å². The SMILES string of the molecule is COC[C@H](C)n1c(C)cc(C(=O)CSc2nnc(-c3ccco3)n2C)c1C. The molecular weight excluding hydrogens is 364 g/mol. The number of hydrogen-bond acceptors (Lipinski definition) is 6. The Balaban J connectivity index is 1.73. The second-order valence-corrected chi connectivity index (χ2v) is 7.46. The van der Waals surface area contributed by atoms with Gasteiger partial charge in [-0.15, -0.1) is 10.2 Å². The number of nitrogens with zero attached hydrogens (tertiary/aromatic N) is 4. The zero-order valence-electron chi connectivity index (χ0n) is 16.2. The number of furan rings is 1. The molecule has 0 unspecified atom stereocenters. The Kier molecular flexibility index (Phi) is 5.86. The fourth-order valence-electron chi connectivity index (χ4n) is 3.32. The molecule has 3 heterocycles. The minimum Gasteiger partial charge on any atom is -0.461 e. The van der Waals surface area contributed by atoms with Crippen LogP contribution in [0.2, 0.25) is 0 Å². The van der Waals surface area contributed by atoms with Crippen LogP contribution in [0.25, 0.3) is 11.6 Å². The van der Waals surface area contributed by atoms with E-state index in [0.717, 1.165) is 17.0 Å². The van der Waals surface area contributed by atoms with Crippen LogP contribution in [0.15, 0.2) is 34.0 Å². The topological polar surface area (TPSA) is 75.1 Å². The van der Waals surface area contributed by atoms with Gasteiger partial charge < -0.3 is 18.3 Å². The van der Waals surface area contributed by atoms with Gasteiger partial charge in [-0.25, -0.2) is 0 Å². The van der Waals surface area contributed by atoms with Crippen molar-refractivity contribution in [3.63, 3.8) is 0 Å². The van der Waals surface area contributed by atoms with Crippen molar-refractivity contribution in [2.24, 2.45) is 7.05 Å². The fraction of sp³-hybridized carbons (Fsp3) is 0.421. The number of ketones is 1. The van der Waals surface area contributed by atoms with Crippen molar-refractivity contribution in [2.45, 2.75) is 32.0 Å². The number of thioether (sulfide) groups is 1. The molecule has 0 saturated carbocycles. The van der Waals surface area contributed by atoms with Gasteiger partial charge in [0.1, 0.15) is 0 Å². The molecule has 0 N–H and O–H groups in total. The minimum atomic E-state index is 0.0755. The Bertz CT molecular complexity index is 927. The van der Waals surface area contributed by atoms with Gasteiger partial charge in [0.2, 0.25) is 0 Å². The van der Waals surface area contributed by atoms with Gasteiger partial charge in [-0.1, -0.05) is 11.8 Å². The van der Waals surface area contributed by atoms with Gasteiger partial charge in [0.15, 0.2) is 22.5 Å². The van der Waals surface area contributed by atoms with Gasteiger partial charge in [-0.2, -0.15) is 0 Å². The first-order valence-electron chi connectivity index (χ1n) is 8.70. The van der Waals surface area contributed by atoms with E-state index in [1.165, 1.54) is 11.8 Å². The van der Waals surface area contributed by atoms with E-state index in [2.05, 4.69) is 21.7 Å². The van der Waals surface area contributed by atoms with Crippen molar-refractivity contribution in [1.82, 2.24) is 19.3 Å². The molecule has 7 nitrogen and oxygen atoms in total. The molecule has 8 heteroatoms. The van der Waals surface area contributed by atoms with Crippen LogP contribution < -0.4 is 0 Å². The molecule has 0 aliphatic heterocycles. The lowest BCUT2D eigenvalue weighted by molar-refractivity contribution is 0.102. The highest BCUT2D eigenvalue weighted by Crippen LogP contribution is 2.26. The maximum Gasteiger partial charge on any atom is 0.200 e. The molecule has 3 aromatic heterocycles. The summed E-state index contributed by atoms with van der Waals surface area (Å²) in [4.78, 5) is 12.8. The molecule has 0 aromatic carbocycles. The van der Waals surface area contributed by atoms with E-state index >= 15 is 0 Å². The van der Waals surface area contributed by atoms with Crippen molar-refractivity contribution in [3.8, 4) is 11.6 Å². The highest BCUT2D eigenvalue weighted by molar-refractivity contribution is 7.99. The number of rotatable bonds is 8. The predicted octanol–water partition coefficient (Wildman–Crippen LogP) is 3.68. The zero-order valence-corrected chi connectivity index (χ0v) is 17.0. The molecule has 0 fully saturated rings. The van der Waals surface area contributed by atoms with E-state index in [1.54, 1.807) is 19.4 Å². The lowest BCUT2D eigenvalue weighted by Gasteiger charge is -2.17. The predicted molar refractivity (Wildman–Crippen MR) is 104 cm³/mol. The van der Waals surface area contributed by atoms with Crippen molar-refractivity contribution in [2.75, 3.05) is 19.5 Å². The zero-order chi connectivity index (χ0) is 19.6. The summed E-state index contributed by atoms with van der Waals surface area (Å²) in [5.41, 5.74) is 2.78. The molecule has 0 aliphatic rings. The van der Waals surface area contributed by atoms with E-state index in [1.807, 2.05) is 37.6 Å². The summed E-state index contributed by atoms with van der Waals surface area (Å²) in [7, 11) is 3.55. The summed E-state index contributed by atoms with van der Waals surface area (Å²) in [5.74, 6) is 1.67. The van der Waals surface area contributed by atoms with Gasteiger partial charge in [0.05, 0.1) is 24.7 Å². The Labute approximate surface area is 162 Å². The number of hydrogen-bond donors (Lipinski definition) is 0. The smallest absolute Gasteiger partial charge is 0.200 e. The molecule has 0 radical (unpaired) electrons. The molecule has 3 aromatic rings. The number of aryl methyl sites for hydroxylation is 1. The molecule has 144 valence electrons. The van der Waals surface area contributed by atoms with Crippen molar-refractivity contribution in [3.05, 3.63) is 41.4 Å². The average molecular weight is 388 g/mol. The van der Waals surface area contributed by atoms with E-state index in [0.29, 0.717) is 29.1 Å². The largest absolute Gasteiger partial charge is 0.461 e. The van der Waals surface area contributed by atoms with Crippen LogP contribution in [-0.2, 0) is 11.8 Å². The van der Waals surface area contributed by atoms with E-state index in [4.69, 9.17) is 9.15 Å². The average Bonchev–Trinajstić information content (AvgIpc) is 3.33. The van der Waals surface area contributed by atoms with E-state index < -0.39 is 0 Å². The third kappa shape index (κ3) is 3.86. The van der Waals surface area contributed by atoms with Crippen LogP contribution in [0.5, 0.6) is 0 Å². The van der Waals surface area contributed by atoms with Gasteiger partial charge in [0, 0.05) is 31.1 Å². The molecule has 27 heavy (non-hydrogen) atoms. The van der Waals surface area contributed by atoms with Crippen molar-refractivity contribution in [1.29, 1.82) is 0 Å². The Morgan fingerprint density at radius 3 is 2.81 bits per heavy atom. The van der Waals surface area contributed by atoms with Crippen LogP contribution in [0.1, 0.15) is 34.7 Å². The molecule has 0 spiro atoms. The first kappa shape index (κ1) is 19.4. The standard InChI is InChI=1S/C19H24N4O3S/c1-12-9-15(14(3)23(12)13(2)10-25-5)16(24)11-27-19-21-20-18(22(19)4)17-7-6-8-26-17/h6-9,13H,10-11H2,1-5H3/t13-/m0/s1. The summed E-state index contributed by atoms with van der Waals surface area (Å²) in [6.45, 7) is 6.69. The maximum atomic E-state index is 12.8. The van der Waals surface area contributed by atoms with Crippen LogP contribution in [0.3, 0.4) is 0 Å². The summed E-state index contributed by atoms with van der Waals surface area (Å²) < 4.78 is 14.6. The number of carbonyl (C=O) groups is 1. The van der Waals surface area contributed by atoms with Crippen LogP contribution in [0.4, 0.5) is 0 Å². The third-order valence-electron chi connectivity index (χ3n) is 4.54. The molecule has 0 bridgehead atoms. The highest BCUT2D eigenvalue weighted by atomic mass is 32.2. The van der Waals surface area contributed by atoms with E-state index in [-0.39, 0.29) is 11.8 Å².